The van der Waals surface area contributed by atoms with Crippen molar-refractivity contribution in [3.8, 4) is 34.5 Å². The summed E-state index contributed by atoms with van der Waals surface area (Å²) in [6.07, 6.45) is 4.99. The second-order valence-electron chi connectivity index (χ2n) is 17.4. The molecule has 476 valence electrons. The normalized spacial score (nSPS) is 15.5. The van der Waals surface area contributed by atoms with Crippen LogP contribution in [-0.4, -0.2) is 103 Å². The second-order valence-corrected chi connectivity index (χ2v) is 23.1. The van der Waals surface area contributed by atoms with E-state index < -0.39 is 82.6 Å². The number of hydrogen-bond donors (Lipinski definition) is 11. The first-order valence-electron chi connectivity index (χ1n) is 24.4. The van der Waals surface area contributed by atoms with Crippen molar-refractivity contribution in [2.75, 3.05) is 0 Å². The van der Waals surface area contributed by atoms with Gasteiger partial charge in [-0.25, -0.2) is 17.9 Å². The first-order chi connectivity index (χ1) is 38.7. The molecule has 11 N–H and O–H groups in total. The Balaban J connectivity index is -0.000000309. The Labute approximate surface area is 669 Å². The molecule has 2 amide bonds. The standard InChI is InChI=1S/3C10H14O3.2C7H5NO3S.2C4H5NO4S.3ClH.2K.2Na/c3*1-2-3-8(11)7-4-5-9(12)10(13)6-7;2*9-7-5-3-1-2-4-6(5)12(10,11)8-7;2*1-3-2-4(6)5-10(7,8)9-3;;;;;;;/h3*4-6,8,11-13H,2-3H2,1H3;2*1-4H,(H,8,9);2*2H,1H3,(H,5,6);3*1H;;;;/q;;;;;;;;;;4*+1/p-4/t3*8-;;;;;;;;;;;/m000.........../s1. The molecular weight excluding hydrogens is 1410 g/mol. The predicted molar refractivity (Wildman–Crippen MR) is 301 cm³/mol. The van der Waals surface area contributed by atoms with Gasteiger partial charge in [-0.2, -0.15) is 29.7 Å². The number of phenols is 6. The van der Waals surface area contributed by atoms with Crippen LogP contribution < -0.4 is 206 Å². The van der Waals surface area contributed by atoms with Gasteiger partial charge >= 0.3 is 182 Å². The van der Waals surface area contributed by atoms with Gasteiger partial charge in [-0.05, 0) is 110 Å². The number of fused-ring (bicyclic) bond motifs is 2. The zero-order valence-corrected chi connectivity index (χ0v) is 65.7. The summed E-state index contributed by atoms with van der Waals surface area (Å²) in [5.41, 5.74) is 2.29. The van der Waals surface area contributed by atoms with Gasteiger partial charge in [0.1, 0.15) is 16.4 Å². The molecule has 4 aliphatic rings. The molecule has 27 nitrogen and oxygen atoms in total. The van der Waals surface area contributed by atoms with Crippen LogP contribution in [0.25, 0.3) is 0 Å². The minimum Gasteiger partial charge on any atom is -1.00 e. The van der Waals surface area contributed by atoms with E-state index >= 15 is 0 Å². The molecule has 4 heterocycles. The van der Waals surface area contributed by atoms with E-state index in [1.807, 2.05) is 25.5 Å². The number of phenolic OH excluding ortho intramolecular Hbond substituents is 6. The molecule has 5 aromatic rings. The minimum atomic E-state index is -3.97. The van der Waals surface area contributed by atoms with Crippen LogP contribution in [0.3, 0.4) is 0 Å². The van der Waals surface area contributed by atoms with Crippen LogP contribution in [-0.2, 0) is 53.8 Å². The molecule has 90 heavy (non-hydrogen) atoms. The number of aromatic hydroxyl groups is 6. The summed E-state index contributed by atoms with van der Waals surface area (Å²) in [4.78, 5) is 21.5. The number of rotatable bonds is 9. The van der Waals surface area contributed by atoms with E-state index in [-0.39, 0.29) is 266 Å². The average Bonchev–Trinajstić information content (AvgIpc) is 1.78. The van der Waals surface area contributed by atoms with Crippen LogP contribution in [0.4, 0.5) is 0 Å². The smallest absolute Gasteiger partial charge is 1.00 e. The Morgan fingerprint density at radius 3 is 1.20 bits per heavy atom. The third-order valence-corrected chi connectivity index (χ3v) is 15.2. The van der Waals surface area contributed by atoms with Gasteiger partial charge in [0.2, 0.25) is 0 Å². The summed E-state index contributed by atoms with van der Waals surface area (Å²) in [6, 6.07) is 25.2. The maximum absolute atomic E-state index is 11.1. The monoisotopic (exact) mass is 1470 g/mol. The third kappa shape index (κ3) is 32.4. The average molecular weight is 1470 g/mol. The predicted octanol–water partition coefficient (Wildman–Crippen LogP) is -13.9. The zero-order valence-electron chi connectivity index (χ0n) is 49.9. The Bertz CT molecular complexity index is 3590. The fourth-order valence-electron chi connectivity index (χ4n) is 6.83. The number of hydrogen-bond acceptors (Lipinski definition) is 23. The third-order valence-electron chi connectivity index (χ3n) is 10.7. The minimum absolute atomic E-state index is 0. The van der Waals surface area contributed by atoms with E-state index in [0.29, 0.717) is 36.0 Å². The molecular formula is C52H61Cl3K2N4Na2O23S4. The van der Waals surface area contributed by atoms with E-state index in [2.05, 4.69) is 17.2 Å². The second kappa shape index (κ2) is 45.2. The van der Waals surface area contributed by atoms with E-state index in [4.69, 9.17) is 30.6 Å². The number of nitrogens with one attached hydrogen (secondary N) is 2. The summed E-state index contributed by atoms with van der Waals surface area (Å²) < 4.78 is 104. The molecule has 38 heteroatoms. The Kier molecular flexibility index (Phi) is 48.4. The number of nitrogens with zero attached hydrogens (tertiary/aromatic N) is 2. The van der Waals surface area contributed by atoms with E-state index in [9.17, 15) is 68.8 Å². The van der Waals surface area contributed by atoms with E-state index in [0.717, 1.165) is 31.4 Å². The molecule has 0 saturated heterocycles. The molecule has 0 aromatic heterocycles. The molecule has 0 bridgehead atoms. The SMILES string of the molecule is CC1=CC(=O)NS(=O)(=O)O1.CC1=CC([O-])=NS(=O)(=O)O1.CCC[C@H](O)c1ccc(O)c(O)c1.CCC[C@H](O)c1ccc(O)c(O)c1.CCC[C@H](O)c1ccc(O)c(O)c1.Cl.O=C1NS(=O)(=O)c2ccccc21.O=S1(=O)N=C([O-])c2ccccc21.[Cl-].[Cl-].[K+].[K+].[Na+].[Na+]. The van der Waals surface area contributed by atoms with Crippen LogP contribution in [0.15, 0.2) is 145 Å². The number of aliphatic hydroxyl groups excluding tert-OH is 3. The first-order valence-corrected chi connectivity index (χ1v) is 30.1. The van der Waals surface area contributed by atoms with Crippen molar-refractivity contribution in [3.05, 3.63) is 155 Å². The maximum atomic E-state index is 11.1. The summed E-state index contributed by atoms with van der Waals surface area (Å²) in [5.74, 6) is -3.63. The Hall–Kier alpha value is -2.32. The molecule has 0 unspecified atom stereocenters. The van der Waals surface area contributed by atoms with Crippen molar-refractivity contribution >= 4 is 76.7 Å². The fourth-order valence-corrected chi connectivity index (χ4v) is 10.5. The van der Waals surface area contributed by atoms with Crippen molar-refractivity contribution in [3.63, 3.8) is 0 Å². The van der Waals surface area contributed by atoms with E-state index in [1.165, 1.54) is 74.5 Å². The summed E-state index contributed by atoms with van der Waals surface area (Å²) in [5, 5.41) is 104. The van der Waals surface area contributed by atoms with Crippen molar-refractivity contribution in [2.45, 2.75) is 101 Å². The summed E-state index contributed by atoms with van der Waals surface area (Å²) in [6.45, 7) is 8.68. The van der Waals surface area contributed by atoms with Crippen molar-refractivity contribution in [1.82, 2.24) is 9.44 Å². The molecule has 0 spiro atoms. The molecule has 3 atom stereocenters. The molecule has 0 aliphatic carbocycles. The number of amides is 2. The van der Waals surface area contributed by atoms with Gasteiger partial charge in [-0.3, -0.25) is 9.59 Å². The number of sulfonamides is 2. The van der Waals surface area contributed by atoms with Crippen molar-refractivity contribution in [2.24, 2.45) is 8.80 Å². The number of benzene rings is 5. The molecule has 4 aliphatic heterocycles. The molecule has 0 radical (unpaired) electrons. The van der Waals surface area contributed by atoms with Gasteiger partial charge in [-0.1, -0.05) is 88.6 Å². The number of halogens is 3. The molecule has 5 aromatic carbocycles. The molecule has 0 fully saturated rings. The maximum Gasteiger partial charge on any atom is 1.00 e. The van der Waals surface area contributed by atoms with Crippen LogP contribution in [0, 0.1) is 0 Å². The topological polar surface area (TPSA) is 466 Å². The van der Waals surface area contributed by atoms with Crippen LogP contribution in [0.5, 0.6) is 34.5 Å². The van der Waals surface area contributed by atoms with Gasteiger partial charge < -0.3 is 89.4 Å². The number of carbonyl (C=O) groups is 2. The van der Waals surface area contributed by atoms with Crippen molar-refractivity contribution < 1.29 is 294 Å². The summed E-state index contributed by atoms with van der Waals surface area (Å²) in [7, 11) is -15.1. The molecule has 0 saturated carbocycles. The van der Waals surface area contributed by atoms with Gasteiger partial charge in [0, 0.05) is 23.4 Å². The zero-order chi connectivity index (χ0) is 62.6. The van der Waals surface area contributed by atoms with Gasteiger partial charge in [-0.15, -0.1) is 16.8 Å². The van der Waals surface area contributed by atoms with E-state index in [1.54, 1.807) is 47.2 Å². The molecule has 9 rings (SSSR count). The first kappa shape index (κ1) is 96.4. The largest absolute Gasteiger partial charge is 1.00 e. The van der Waals surface area contributed by atoms with Crippen molar-refractivity contribution in [1.29, 1.82) is 0 Å². The van der Waals surface area contributed by atoms with Crippen LogP contribution in [0.2, 0.25) is 0 Å². The quantitative estimate of drug-likeness (QED) is 0.0482. The fraction of sp³-hybridized carbons (Fsp3) is 0.269. The Morgan fingerprint density at radius 1 is 0.511 bits per heavy atom. The number of aliphatic hydroxyl groups is 3. The Morgan fingerprint density at radius 2 is 0.878 bits per heavy atom. The van der Waals surface area contributed by atoms with Crippen LogP contribution in [0.1, 0.15) is 124 Å². The van der Waals surface area contributed by atoms with Gasteiger partial charge in [0.05, 0.1) is 28.8 Å². The summed E-state index contributed by atoms with van der Waals surface area (Å²) >= 11 is 0. The van der Waals surface area contributed by atoms with Gasteiger partial charge in [0.15, 0.2) is 34.5 Å². The number of carbonyl (C=O) groups excluding carboxylic acids is 2. The number of allylic oxidation sites excluding steroid dienone is 2. The van der Waals surface area contributed by atoms with Crippen LogP contribution >= 0.6 is 12.4 Å². The van der Waals surface area contributed by atoms with Gasteiger partial charge in [0.25, 0.3) is 31.9 Å².